The average Bonchev–Trinajstić information content (AvgIpc) is 2.14. The van der Waals surface area contributed by atoms with Crippen LogP contribution in [0.1, 0.15) is 0 Å². The van der Waals surface area contributed by atoms with Gasteiger partial charge in [-0.15, -0.1) is 0 Å². The maximum Gasteiger partial charge on any atom is 0.267 e. The highest BCUT2D eigenvalue weighted by atomic mass is 16.2. The van der Waals surface area contributed by atoms with Gasteiger partial charge in [-0.1, -0.05) is 0 Å². The Balaban J connectivity index is 2.81. The summed E-state index contributed by atoms with van der Waals surface area (Å²) in [5.41, 5.74) is 11.9. The van der Waals surface area contributed by atoms with Crippen molar-refractivity contribution < 1.29 is 9.59 Å². The Morgan fingerprint density at radius 1 is 1.70 bits per heavy atom. The quantitative estimate of drug-likeness (QED) is 0.370. The van der Waals surface area contributed by atoms with Crippen LogP contribution in [-0.2, 0) is 9.59 Å². The summed E-state index contributed by atoms with van der Waals surface area (Å²) in [6, 6.07) is -1.00. The number of hydrogen-bond donors (Lipinski definition) is 3. The topological polar surface area (TPSA) is 111 Å². The summed E-state index contributed by atoms with van der Waals surface area (Å²) in [5.74, 6) is -1.28. The van der Waals surface area contributed by atoms with Gasteiger partial charge in [-0.25, -0.2) is 5.43 Å². The number of primary amides is 1. The number of amides is 2. The third kappa shape index (κ3) is 0.841. The Morgan fingerprint density at radius 3 is 2.50 bits per heavy atom. The Kier molecular flexibility index (Phi) is 1.38. The van der Waals surface area contributed by atoms with Crippen LogP contribution in [0.4, 0.5) is 0 Å². The van der Waals surface area contributed by atoms with Crippen molar-refractivity contribution in [1.82, 2.24) is 5.43 Å². The second kappa shape index (κ2) is 2.07. The highest BCUT2D eigenvalue weighted by Crippen LogP contribution is 1.92. The molecule has 0 spiro atoms. The lowest BCUT2D eigenvalue weighted by molar-refractivity contribution is -0.120. The monoisotopic (exact) mass is 142 g/mol. The van der Waals surface area contributed by atoms with E-state index in [0.29, 0.717) is 0 Å². The number of rotatable bonds is 1. The van der Waals surface area contributed by atoms with E-state index in [1.807, 2.05) is 5.43 Å². The van der Waals surface area contributed by atoms with Crippen molar-refractivity contribution in [2.24, 2.45) is 16.6 Å². The number of nitrogens with zero attached hydrogens (tertiary/aromatic N) is 1. The molecule has 0 aromatic rings. The fourth-order valence-corrected chi connectivity index (χ4v) is 0.587. The number of nitrogens with one attached hydrogen (secondary N) is 1. The van der Waals surface area contributed by atoms with Crippen LogP contribution < -0.4 is 16.9 Å². The third-order valence-corrected chi connectivity index (χ3v) is 1.12. The van der Waals surface area contributed by atoms with E-state index in [9.17, 15) is 9.59 Å². The minimum atomic E-state index is -1.00. The van der Waals surface area contributed by atoms with E-state index < -0.39 is 17.9 Å². The van der Waals surface area contributed by atoms with E-state index in [0.717, 1.165) is 0 Å². The van der Waals surface area contributed by atoms with Gasteiger partial charge >= 0.3 is 0 Å². The summed E-state index contributed by atoms with van der Waals surface area (Å²) < 4.78 is 0. The highest BCUT2D eigenvalue weighted by molar-refractivity contribution is 6.45. The number of hydrazone groups is 1. The molecule has 1 heterocycles. The lowest BCUT2D eigenvalue weighted by atomic mass is 10.2. The minimum Gasteiger partial charge on any atom is -0.364 e. The van der Waals surface area contributed by atoms with Crippen LogP contribution in [0.2, 0.25) is 0 Å². The van der Waals surface area contributed by atoms with Gasteiger partial charge in [0.1, 0.15) is 6.04 Å². The Bertz CT molecular complexity index is 221. The summed E-state index contributed by atoms with van der Waals surface area (Å²) >= 11 is 0. The van der Waals surface area contributed by atoms with E-state index in [4.69, 9.17) is 11.5 Å². The molecule has 0 aromatic carbocycles. The average molecular weight is 142 g/mol. The van der Waals surface area contributed by atoms with Gasteiger partial charge in [0.25, 0.3) is 11.8 Å². The smallest absolute Gasteiger partial charge is 0.267 e. The largest absolute Gasteiger partial charge is 0.364 e. The zero-order chi connectivity index (χ0) is 7.72. The fraction of sp³-hybridized carbons (Fsp3) is 0.250. The maximum atomic E-state index is 10.5. The molecule has 1 aliphatic rings. The molecule has 1 rings (SSSR count). The van der Waals surface area contributed by atoms with Crippen LogP contribution in [0.25, 0.3) is 0 Å². The number of hydrogen-bond acceptors (Lipinski definition) is 4. The number of carbonyl (C=O) groups excluding carboxylic acids is 2. The van der Waals surface area contributed by atoms with Gasteiger partial charge in [0.2, 0.25) is 0 Å². The molecule has 5 N–H and O–H groups in total. The van der Waals surface area contributed by atoms with Gasteiger partial charge < -0.3 is 11.5 Å². The van der Waals surface area contributed by atoms with E-state index in [-0.39, 0.29) is 5.71 Å². The Labute approximate surface area is 56.2 Å². The molecule has 0 aliphatic carbocycles. The molecule has 54 valence electrons. The van der Waals surface area contributed by atoms with Gasteiger partial charge in [-0.05, 0) is 0 Å². The SMILES string of the molecule is NC(=O)C1=NNC(=O)C1N. The summed E-state index contributed by atoms with van der Waals surface area (Å²) in [7, 11) is 0. The van der Waals surface area contributed by atoms with Crippen molar-refractivity contribution in [3.63, 3.8) is 0 Å². The normalized spacial score (nSPS) is 23.9. The highest BCUT2D eigenvalue weighted by Gasteiger charge is 2.29. The van der Waals surface area contributed by atoms with Crippen molar-refractivity contribution in [3.8, 4) is 0 Å². The standard InChI is InChI=1S/C4H6N4O2/c5-1-2(3(6)9)7-8-4(1)10/h1H,5H2,(H2,6,9)(H,8,10). The molecule has 0 saturated heterocycles. The van der Waals surface area contributed by atoms with Crippen LogP contribution in [0.5, 0.6) is 0 Å². The van der Waals surface area contributed by atoms with E-state index in [2.05, 4.69) is 5.10 Å². The fourth-order valence-electron chi connectivity index (χ4n) is 0.587. The number of nitrogens with two attached hydrogens (primary N) is 2. The maximum absolute atomic E-state index is 10.5. The molecule has 10 heavy (non-hydrogen) atoms. The Hall–Kier alpha value is -1.43. The minimum absolute atomic E-state index is 0.120. The first-order valence-corrected chi connectivity index (χ1v) is 2.55. The summed E-state index contributed by atoms with van der Waals surface area (Å²) in [6.07, 6.45) is 0. The molecule has 0 fully saturated rings. The Morgan fingerprint density at radius 2 is 2.30 bits per heavy atom. The molecule has 0 saturated carbocycles. The second-order valence-electron chi connectivity index (χ2n) is 1.82. The summed E-state index contributed by atoms with van der Waals surface area (Å²) in [4.78, 5) is 20.9. The van der Waals surface area contributed by atoms with Crippen LogP contribution in [0, 0.1) is 0 Å². The van der Waals surface area contributed by atoms with Gasteiger partial charge in [-0.3, -0.25) is 9.59 Å². The molecule has 1 aliphatic heterocycles. The molecule has 1 unspecified atom stereocenters. The predicted molar refractivity (Wildman–Crippen MR) is 32.7 cm³/mol. The van der Waals surface area contributed by atoms with Crippen molar-refractivity contribution in [3.05, 3.63) is 0 Å². The van der Waals surface area contributed by atoms with Gasteiger partial charge in [0, 0.05) is 0 Å². The molecular weight excluding hydrogens is 136 g/mol. The first-order valence-electron chi connectivity index (χ1n) is 2.55. The molecule has 2 amide bonds. The van der Waals surface area contributed by atoms with Gasteiger partial charge in [0.15, 0.2) is 5.71 Å². The first kappa shape index (κ1) is 6.69. The van der Waals surface area contributed by atoms with Crippen molar-refractivity contribution in [2.75, 3.05) is 0 Å². The summed E-state index contributed by atoms with van der Waals surface area (Å²) in [5, 5.41) is 3.31. The molecule has 0 aromatic heterocycles. The molecule has 6 heteroatoms. The summed E-state index contributed by atoms with van der Waals surface area (Å²) in [6.45, 7) is 0. The second-order valence-corrected chi connectivity index (χ2v) is 1.82. The van der Waals surface area contributed by atoms with E-state index in [1.54, 1.807) is 0 Å². The van der Waals surface area contributed by atoms with Crippen LogP contribution in [-0.4, -0.2) is 23.6 Å². The zero-order valence-corrected chi connectivity index (χ0v) is 5.00. The number of carbonyl (C=O) groups is 2. The van der Waals surface area contributed by atoms with Crippen molar-refractivity contribution >= 4 is 17.5 Å². The van der Waals surface area contributed by atoms with Crippen molar-refractivity contribution in [2.45, 2.75) is 6.04 Å². The predicted octanol–water partition coefficient (Wildman–Crippen LogP) is -2.72. The van der Waals surface area contributed by atoms with Crippen LogP contribution >= 0.6 is 0 Å². The van der Waals surface area contributed by atoms with Crippen LogP contribution in [0.3, 0.4) is 0 Å². The molecular formula is C4H6N4O2. The van der Waals surface area contributed by atoms with Gasteiger partial charge in [-0.2, -0.15) is 5.10 Å². The van der Waals surface area contributed by atoms with Crippen LogP contribution in [0.15, 0.2) is 5.10 Å². The van der Waals surface area contributed by atoms with Crippen molar-refractivity contribution in [1.29, 1.82) is 0 Å². The lowest BCUT2D eigenvalue weighted by Crippen LogP contribution is -2.42. The molecule has 6 nitrogen and oxygen atoms in total. The first-order chi connectivity index (χ1) is 4.63. The molecule has 0 radical (unpaired) electrons. The van der Waals surface area contributed by atoms with E-state index in [1.165, 1.54) is 0 Å². The van der Waals surface area contributed by atoms with Gasteiger partial charge in [0.05, 0.1) is 0 Å². The third-order valence-electron chi connectivity index (χ3n) is 1.12. The zero-order valence-electron chi connectivity index (χ0n) is 5.00. The molecule has 0 bridgehead atoms. The lowest BCUT2D eigenvalue weighted by Gasteiger charge is -1.96. The molecule has 1 atom stereocenters. The van der Waals surface area contributed by atoms with E-state index >= 15 is 0 Å².